The summed E-state index contributed by atoms with van der Waals surface area (Å²) in [6, 6.07) is -0.0260. The Morgan fingerprint density at radius 3 is 2.75 bits per heavy atom. The molecule has 2 amide bonds. The number of carbonyl (C=O) groups excluding carboxylic acids is 2. The van der Waals surface area contributed by atoms with Gasteiger partial charge in [0.25, 0.3) is 0 Å². The van der Waals surface area contributed by atoms with Crippen LogP contribution < -0.4 is 10.6 Å². The van der Waals surface area contributed by atoms with Gasteiger partial charge in [0.15, 0.2) is 0 Å². The molecule has 0 aromatic carbocycles. The normalized spacial score (nSPS) is 23.2. The van der Waals surface area contributed by atoms with Gasteiger partial charge >= 0.3 is 6.18 Å². The van der Waals surface area contributed by atoms with E-state index in [1.165, 1.54) is 11.3 Å². The lowest BCUT2D eigenvalue weighted by molar-refractivity contribution is -0.171. The predicted octanol–water partition coefficient (Wildman–Crippen LogP) is 1.82. The van der Waals surface area contributed by atoms with E-state index in [1.807, 2.05) is 22.1 Å². The number of rotatable bonds is 3. The maximum absolute atomic E-state index is 12.5. The quantitative estimate of drug-likeness (QED) is 0.837. The van der Waals surface area contributed by atoms with Gasteiger partial charge in [-0.05, 0) is 35.2 Å². The maximum Gasteiger partial charge on any atom is 0.408 e. The van der Waals surface area contributed by atoms with Crippen LogP contribution in [0.25, 0.3) is 0 Å². The zero-order valence-electron chi connectivity index (χ0n) is 10.4. The summed E-state index contributed by atoms with van der Waals surface area (Å²) in [6.45, 7) is 0.273. The van der Waals surface area contributed by atoms with E-state index in [1.54, 1.807) is 0 Å². The van der Waals surface area contributed by atoms with Gasteiger partial charge in [-0.2, -0.15) is 24.5 Å². The van der Waals surface area contributed by atoms with Crippen molar-refractivity contribution in [2.24, 2.45) is 5.92 Å². The number of carbonyl (C=O) groups is 2. The van der Waals surface area contributed by atoms with E-state index in [2.05, 4.69) is 5.32 Å². The van der Waals surface area contributed by atoms with E-state index in [4.69, 9.17) is 0 Å². The summed E-state index contributed by atoms with van der Waals surface area (Å²) < 4.78 is 37.4. The Labute approximate surface area is 117 Å². The third kappa shape index (κ3) is 3.50. The second-order valence-corrected chi connectivity index (χ2v) is 5.36. The molecule has 110 valence electrons. The molecule has 2 heterocycles. The van der Waals surface area contributed by atoms with E-state index < -0.39 is 30.0 Å². The number of halogens is 3. The first-order valence-corrected chi connectivity index (χ1v) is 6.98. The molecule has 8 heteroatoms. The number of alkyl halides is 3. The van der Waals surface area contributed by atoms with Crippen molar-refractivity contribution in [3.63, 3.8) is 0 Å². The largest absolute Gasteiger partial charge is 0.408 e. The van der Waals surface area contributed by atoms with E-state index in [0.29, 0.717) is 0 Å². The molecule has 0 unspecified atom stereocenters. The Kier molecular flexibility index (Phi) is 4.32. The molecule has 2 atom stereocenters. The molecule has 0 bridgehead atoms. The van der Waals surface area contributed by atoms with Crippen LogP contribution in [-0.2, 0) is 16.1 Å². The minimum atomic E-state index is -4.46. The lowest BCUT2D eigenvalue weighted by atomic mass is 9.93. The lowest BCUT2D eigenvalue weighted by Gasteiger charge is -2.29. The molecule has 1 saturated heterocycles. The fourth-order valence-corrected chi connectivity index (χ4v) is 2.68. The van der Waals surface area contributed by atoms with Crippen molar-refractivity contribution >= 4 is 23.2 Å². The molecule has 4 nitrogen and oxygen atoms in total. The summed E-state index contributed by atoms with van der Waals surface area (Å²) >= 11 is 1.47. The van der Waals surface area contributed by atoms with Gasteiger partial charge in [0.2, 0.25) is 11.8 Å². The van der Waals surface area contributed by atoms with Crippen LogP contribution in [0.1, 0.15) is 18.4 Å². The first-order valence-electron chi connectivity index (χ1n) is 6.04. The van der Waals surface area contributed by atoms with Gasteiger partial charge in [0.05, 0.1) is 0 Å². The van der Waals surface area contributed by atoms with Crippen LogP contribution >= 0.6 is 11.3 Å². The van der Waals surface area contributed by atoms with Crippen LogP contribution in [0.4, 0.5) is 13.2 Å². The molecule has 1 aromatic rings. The van der Waals surface area contributed by atoms with E-state index in [9.17, 15) is 22.8 Å². The van der Waals surface area contributed by atoms with Crippen LogP contribution in [0.15, 0.2) is 16.8 Å². The maximum atomic E-state index is 12.5. The Morgan fingerprint density at radius 2 is 2.20 bits per heavy atom. The van der Waals surface area contributed by atoms with E-state index in [0.717, 1.165) is 5.56 Å². The molecule has 20 heavy (non-hydrogen) atoms. The number of hydrogen-bond donors (Lipinski definition) is 2. The first-order chi connectivity index (χ1) is 9.38. The predicted molar refractivity (Wildman–Crippen MR) is 66.9 cm³/mol. The fraction of sp³-hybridized carbons (Fsp3) is 0.500. The molecule has 2 N–H and O–H groups in total. The second kappa shape index (κ2) is 5.82. The highest BCUT2D eigenvalue weighted by Gasteiger charge is 2.45. The lowest BCUT2D eigenvalue weighted by Crippen LogP contribution is -2.54. The number of hydrogen-bond acceptors (Lipinski definition) is 3. The van der Waals surface area contributed by atoms with Crippen molar-refractivity contribution < 1.29 is 22.8 Å². The molecule has 1 fully saturated rings. The molecule has 0 saturated carbocycles. The van der Waals surface area contributed by atoms with E-state index in [-0.39, 0.29) is 19.4 Å². The fourth-order valence-electron chi connectivity index (χ4n) is 2.01. The van der Waals surface area contributed by atoms with Gasteiger partial charge in [-0.15, -0.1) is 0 Å². The van der Waals surface area contributed by atoms with Crippen molar-refractivity contribution in [1.29, 1.82) is 0 Å². The molecular weight excluding hydrogens is 293 g/mol. The minimum absolute atomic E-state index is 0.0918. The van der Waals surface area contributed by atoms with Gasteiger partial charge in [-0.3, -0.25) is 9.59 Å². The Morgan fingerprint density at radius 1 is 1.45 bits per heavy atom. The van der Waals surface area contributed by atoms with Gasteiger partial charge in [0.1, 0.15) is 12.0 Å². The average molecular weight is 306 g/mol. The van der Waals surface area contributed by atoms with Crippen molar-refractivity contribution in [3.05, 3.63) is 22.4 Å². The SMILES string of the molecule is O=C(NCc1ccsc1)[C@H]1CC[C@H](C(F)(F)F)NC1=O. The summed E-state index contributed by atoms with van der Waals surface area (Å²) in [6.07, 6.45) is -4.83. The molecule has 1 aromatic heterocycles. The molecule has 0 radical (unpaired) electrons. The summed E-state index contributed by atoms with van der Waals surface area (Å²) in [5, 5.41) is 8.12. The Balaban J connectivity index is 1.87. The smallest absolute Gasteiger partial charge is 0.351 e. The summed E-state index contributed by atoms with van der Waals surface area (Å²) in [5.41, 5.74) is 0.896. The molecule has 0 aliphatic carbocycles. The van der Waals surface area contributed by atoms with Gasteiger partial charge in [-0.25, -0.2) is 0 Å². The van der Waals surface area contributed by atoms with Crippen molar-refractivity contribution in [2.45, 2.75) is 31.6 Å². The second-order valence-electron chi connectivity index (χ2n) is 4.58. The molecular formula is C12H13F3N2O2S. The molecule has 1 aliphatic rings. The average Bonchev–Trinajstić information content (AvgIpc) is 2.87. The van der Waals surface area contributed by atoms with Crippen LogP contribution in [0.3, 0.4) is 0 Å². The highest BCUT2D eigenvalue weighted by molar-refractivity contribution is 7.07. The molecule has 1 aliphatic heterocycles. The standard InChI is InChI=1S/C12H13F3N2O2S/c13-12(14,15)9-2-1-8(11(19)17-9)10(18)16-5-7-3-4-20-6-7/h3-4,6,8-9H,1-2,5H2,(H,16,18)(H,17,19)/t8-,9-/m1/s1. The number of piperidine rings is 1. The molecule has 0 spiro atoms. The van der Waals surface area contributed by atoms with Crippen molar-refractivity contribution in [2.75, 3.05) is 0 Å². The summed E-state index contributed by atoms with van der Waals surface area (Å²) in [7, 11) is 0. The van der Waals surface area contributed by atoms with Crippen LogP contribution in [-0.4, -0.2) is 24.0 Å². The third-order valence-electron chi connectivity index (χ3n) is 3.14. The van der Waals surface area contributed by atoms with Gasteiger partial charge < -0.3 is 10.6 Å². The monoisotopic (exact) mass is 306 g/mol. The van der Waals surface area contributed by atoms with E-state index >= 15 is 0 Å². The van der Waals surface area contributed by atoms with Crippen LogP contribution in [0.2, 0.25) is 0 Å². The highest BCUT2D eigenvalue weighted by atomic mass is 32.1. The van der Waals surface area contributed by atoms with Crippen LogP contribution in [0, 0.1) is 5.92 Å². The van der Waals surface area contributed by atoms with Gasteiger partial charge in [0, 0.05) is 6.54 Å². The number of thiophene rings is 1. The van der Waals surface area contributed by atoms with Crippen LogP contribution in [0.5, 0.6) is 0 Å². The first kappa shape index (κ1) is 14.8. The minimum Gasteiger partial charge on any atom is -0.351 e. The third-order valence-corrected chi connectivity index (χ3v) is 3.87. The molecule has 2 rings (SSSR count). The van der Waals surface area contributed by atoms with Gasteiger partial charge in [-0.1, -0.05) is 0 Å². The van der Waals surface area contributed by atoms with Crippen molar-refractivity contribution in [1.82, 2.24) is 10.6 Å². The summed E-state index contributed by atoms with van der Waals surface area (Å²) in [5.74, 6) is -2.44. The number of amides is 2. The number of nitrogens with one attached hydrogen (secondary N) is 2. The topological polar surface area (TPSA) is 58.2 Å². The Bertz CT molecular complexity index is 487. The Hall–Kier alpha value is -1.57. The van der Waals surface area contributed by atoms with Crippen molar-refractivity contribution in [3.8, 4) is 0 Å². The zero-order valence-corrected chi connectivity index (χ0v) is 11.2. The highest BCUT2D eigenvalue weighted by Crippen LogP contribution is 2.28. The summed E-state index contributed by atoms with van der Waals surface area (Å²) in [4.78, 5) is 23.4. The zero-order chi connectivity index (χ0) is 14.8.